The van der Waals surface area contributed by atoms with Gasteiger partial charge in [0.1, 0.15) is 22.9 Å². The molecule has 37 heavy (non-hydrogen) atoms. The van der Waals surface area contributed by atoms with Gasteiger partial charge >= 0.3 is 0 Å². The van der Waals surface area contributed by atoms with Crippen molar-refractivity contribution in [3.8, 4) is 5.75 Å². The Morgan fingerprint density at radius 1 is 1.11 bits per heavy atom. The van der Waals surface area contributed by atoms with Crippen LogP contribution in [0.3, 0.4) is 0 Å². The fourth-order valence-electron chi connectivity index (χ4n) is 4.14. The number of benzene rings is 2. The van der Waals surface area contributed by atoms with E-state index in [0.29, 0.717) is 41.4 Å². The van der Waals surface area contributed by atoms with Gasteiger partial charge in [0, 0.05) is 43.2 Å². The number of nitrogens with zero attached hydrogens (tertiary/aromatic N) is 2. The van der Waals surface area contributed by atoms with Crippen LogP contribution in [0.25, 0.3) is 0 Å². The summed E-state index contributed by atoms with van der Waals surface area (Å²) in [6.45, 7) is 2.03. The van der Waals surface area contributed by atoms with Crippen LogP contribution >= 0.6 is 0 Å². The Bertz CT molecular complexity index is 1440. The summed E-state index contributed by atoms with van der Waals surface area (Å²) in [6, 6.07) is 9.48. The summed E-state index contributed by atoms with van der Waals surface area (Å²) < 4.78 is 14.5. The second-order valence-electron chi connectivity index (χ2n) is 8.83. The second kappa shape index (κ2) is 10.2. The number of rotatable bonds is 8. The lowest BCUT2D eigenvalue weighted by atomic mass is 10.1. The van der Waals surface area contributed by atoms with E-state index in [9.17, 15) is 19.4 Å². The first-order valence-electron chi connectivity index (χ1n) is 11.7. The lowest BCUT2D eigenvalue weighted by Gasteiger charge is -2.16. The molecule has 2 aromatic heterocycles. The van der Waals surface area contributed by atoms with Crippen LogP contribution < -0.4 is 21.3 Å². The molecule has 0 aliphatic carbocycles. The summed E-state index contributed by atoms with van der Waals surface area (Å²) in [6.07, 6.45) is 5.42. The number of aromatic amines is 1. The fraction of sp³-hybridized carbons (Fsp3) is 0.192. The first-order chi connectivity index (χ1) is 17.9. The first-order valence-corrected chi connectivity index (χ1v) is 11.7. The Morgan fingerprint density at radius 3 is 2.76 bits per heavy atom. The number of H-pyrrole nitrogens is 1. The highest BCUT2D eigenvalue weighted by molar-refractivity contribution is 6.15. The minimum absolute atomic E-state index is 0.0352. The van der Waals surface area contributed by atoms with Gasteiger partial charge in [0.05, 0.1) is 35.7 Å². The van der Waals surface area contributed by atoms with Gasteiger partial charge < -0.3 is 36.5 Å². The van der Waals surface area contributed by atoms with Crippen molar-refractivity contribution in [1.82, 2.24) is 20.3 Å². The smallest absolute Gasteiger partial charge is 0.261 e. The Balaban J connectivity index is 1.35. The van der Waals surface area contributed by atoms with Crippen LogP contribution in [0.4, 0.5) is 33.0 Å². The number of aliphatic hydroxyl groups excluding tert-OH is 1. The number of halogens is 1. The number of pyridine rings is 1. The number of hydrogen-bond acceptors (Lipinski definition) is 8. The quantitative estimate of drug-likeness (QED) is 0.193. The van der Waals surface area contributed by atoms with Crippen LogP contribution in [-0.4, -0.2) is 43.7 Å². The molecule has 2 aromatic carbocycles. The van der Waals surface area contributed by atoms with Gasteiger partial charge in [-0.2, -0.15) is 0 Å². The lowest BCUT2D eigenvalue weighted by molar-refractivity contribution is 0.102. The van der Waals surface area contributed by atoms with Crippen molar-refractivity contribution < 1.29 is 19.4 Å². The van der Waals surface area contributed by atoms with Crippen LogP contribution in [0, 0.1) is 12.7 Å². The van der Waals surface area contributed by atoms with Gasteiger partial charge in [-0.05, 0) is 42.3 Å². The summed E-state index contributed by atoms with van der Waals surface area (Å²) in [5, 5.41) is 32.0. The number of aryl methyl sites for hydroxylation is 1. The Kier molecular flexibility index (Phi) is 6.71. The van der Waals surface area contributed by atoms with Crippen molar-refractivity contribution in [2.75, 3.05) is 22.6 Å². The van der Waals surface area contributed by atoms with Crippen LogP contribution in [0.1, 0.15) is 27.2 Å². The largest absolute Gasteiger partial charge is 0.508 e. The van der Waals surface area contributed by atoms with Gasteiger partial charge in [-0.3, -0.25) is 4.79 Å². The number of fused-ring (bicyclic) bond motifs is 2. The zero-order chi connectivity index (χ0) is 25.9. The third kappa shape index (κ3) is 5.22. The Labute approximate surface area is 212 Å². The second-order valence-corrected chi connectivity index (χ2v) is 8.83. The van der Waals surface area contributed by atoms with Crippen LogP contribution in [0.15, 0.2) is 55.1 Å². The number of imidazole rings is 1. The summed E-state index contributed by atoms with van der Waals surface area (Å²) in [4.78, 5) is 24.6. The Morgan fingerprint density at radius 2 is 1.97 bits per heavy atom. The van der Waals surface area contributed by atoms with E-state index in [1.165, 1.54) is 18.3 Å². The van der Waals surface area contributed by atoms with Crippen LogP contribution in [0.2, 0.25) is 0 Å². The third-order valence-corrected chi connectivity index (χ3v) is 6.15. The number of carbonyl (C=O) groups excluding carboxylic acids is 1. The fourth-order valence-corrected chi connectivity index (χ4v) is 4.14. The normalized spacial score (nSPS) is 13.1. The molecule has 10 nitrogen and oxygen atoms in total. The summed E-state index contributed by atoms with van der Waals surface area (Å²) in [5.41, 5.74) is 4.00. The van der Waals surface area contributed by atoms with E-state index in [4.69, 9.17) is 0 Å². The number of anilines is 5. The number of hydrogen-bond donors (Lipinski definition) is 7. The molecule has 1 unspecified atom stereocenters. The molecule has 1 atom stereocenters. The number of aromatic nitrogens is 3. The standard InChI is InChI=1S/C26H26FN7O3/c1-14-6-18(27)21(9-23(14)36)32-20-4-5-29-25-24(20)26(37)34-22-7-15(2-3-19(22)33-25)10-30-17(12-35)8-16-11-28-13-31-16/h2-7,9,11,13,17,30,35-36H,8,10,12H2,1H3,(H,28,31)(H,34,37)(H2,29,32,33). The van der Waals surface area contributed by atoms with E-state index in [0.717, 1.165) is 11.3 Å². The molecular formula is C26H26FN7O3. The van der Waals surface area contributed by atoms with Gasteiger partial charge in [-0.15, -0.1) is 0 Å². The number of carbonyl (C=O) groups is 1. The minimum atomic E-state index is -0.558. The highest BCUT2D eigenvalue weighted by Gasteiger charge is 2.24. The maximum Gasteiger partial charge on any atom is 0.261 e. The van der Waals surface area contributed by atoms with E-state index in [1.54, 1.807) is 25.5 Å². The molecule has 1 aliphatic heterocycles. The first kappa shape index (κ1) is 24.2. The van der Waals surface area contributed by atoms with E-state index < -0.39 is 11.7 Å². The predicted octanol–water partition coefficient (Wildman–Crippen LogP) is 3.70. The zero-order valence-corrected chi connectivity index (χ0v) is 20.0. The van der Waals surface area contributed by atoms with Crippen molar-refractivity contribution in [3.63, 3.8) is 0 Å². The molecule has 1 amide bonds. The predicted molar refractivity (Wildman–Crippen MR) is 138 cm³/mol. The average Bonchev–Trinajstić information content (AvgIpc) is 3.34. The molecule has 0 spiro atoms. The zero-order valence-electron chi connectivity index (χ0n) is 20.0. The van der Waals surface area contributed by atoms with Gasteiger partial charge in [-0.1, -0.05) is 6.07 Å². The minimum Gasteiger partial charge on any atom is -0.508 e. The highest BCUT2D eigenvalue weighted by Crippen LogP contribution is 2.36. The molecule has 1 aliphatic rings. The maximum absolute atomic E-state index is 14.5. The van der Waals surface area contributed by atoms with Crippen LogP contribution in [0.5, 0.6) is 5.75 Å². The molecule has 7 N–H and O–H groups in total. The van der Waals surface area contributed by atoms with Crippen molar-refractivity contribution >= 4 is 34.5 Å². The summed E-state index contributed by atoms with van der Waals surface area (Å²) >= 11 is 0. The number of phenols is 1. The maximum atomic E-state index is 14.5. The Hall–Kier alpha value is -4.48. The molecule has 3 heterocycles. The van der Waals surface area contributed by atoms with E-state index in [-0.39, 0.29) is 29.6 Å². The number of amides is 1. The van der Waals surface area contributed by atoms with Crippen molar-refractivity contribution in [2.24, 2.45) is 0 Å². The molecule has 11 heteroatoms. The van der Waals surface area contributed by atoms with Crippen molar-refractivity contribution in [2.45, 2.75) is 25.9 Å². The molecule has 4 aromatic rings. The number of nitrogens with one attached hydrogen (secondary N) is 5. The summed E-state index contributed by atoms with van der Waals surface area (Å²) in [5.74, 6) is -0.736. The topological polar surface area (TPSA) is 147 Å². The molecule has 190 valence electrons. The lowest BCUT2D eigenvalue weighted by Crippen LogP contribution is -2.34. The van der Waals surface area contributed by atoms with Crippen LogP contribution in [-0.2, 0) is 13.0 Å². The molecule has 0 fully saturated rings. The molecule has 0 radical (unpaired) electrons. The van der Waals surface area contributed by atoms with E-state index in [2.05, 4.69) is 36.2 Å². The monoisotopic (exact) mass is 503 g/mol. The number of aromatic hydroxyl groups is 1. The average molecular weight is 504 g/mol. The van der Waals surface area contributed by atoms with E-state index >= 15 is 0 Å². The molecular weight excluding hydrogens is 477 g/mol. The SMILES string of the molecule is Cc1cc(F)c(Nc2ccnc3c2C(=O)Nc2cc(CNC(CO)Cc4cnc[nH]4)ccc2N3)cc1O. The van der Waals surface area contributed by atoms with Crippen molar-refractivity contribution in [3.05, 3.63) is 83.3 Å². The molecule has 0 saturated heterocycles. The molecule has 0 bridgehead atoms. The van der Waals surface area contributed by atoms with Crippen molar-refractivity contribution in [1.29, 1.82) is 0 Å². The van der Waals surface area contributed by atoms with Gasteiger partial charge in [0.2, 0.25) is 0 Å². The van der Waals surface area contributed by atoms with Gasteiger partial charge in [0.25, 0.3) is 5.91 Å². The molecule has 5 rings (SSSR count). The summed E-state index contributed by atoms with van der Waals surface area (Å²) in [7, 11) is 0. The van der Waals surface area contributed by atoms with Gasteiger partial charge in [-0.25, -0.2) is 14.4 Å². The van der Waals surface area contributed by atoms with E-state index in [1.807, 2.05) is 18.2 Å². The highest BCUT2D eigenvalue weighted by atomic mass is 19.1. The van der Waals surface area contributed by atoms with Gasteiger partial charge in [0.15, 0.2) is 0 Å². The molecule has 0 saturated carbocycles. The third-order valence-electron chi connectivity index (χ3n) is 6.15. The number of phenolic OH excluding ortho intramolecular Hbond substituents is 1. The number of aliphatic hydroxyl groups is 1.